The van der Waals surface area contributed by atoms with Gasteiger partial charge in [-0.25, -0.2) is 0 Å². The van der Waals surface area contributed by atoms with E-state index in [0.29, 0.717) is 6.04 Å². The predicted octanol–water partition coefficient (Wildman–Crippen LogP) is 2.76. The van der Waals surface area contributed by atoms with E-state index in [1.54, 1.807) is 0 Å². The van der Waals surface area contributed by atoms with Crippen molar-refractivity contribution in [2.75, 3.05) is 29.7 Å². The summed E-state index contributed by atoms with van der Waals surface area (Å²) in [5, 5.41) is 0. The van der Waals surface area contributed by atoms with Crippen molar-refractivity contribution in [1.82, 2.24) is 0 Å². The fraction of sp³-hybridized carbons (Fsp3) is 0.500. The zero-order chi connectivity index (χ0) is 11.4. The smallest absolute Gasteiger partial charge is 0.0629 e. The van der Waals surface area contributed by atoms with E-state index in [0.717, 1.165) is 11.4 Å². The quantitative estimate of drug-likeness (QED) is 0.797. The first-order valence-corrected chi connectivity index (χ1v) is 6.54. The summed E-state index contributed by atoms with van der Waals surface area (Å²) < 4.78 is 0. The molecule has 0 radical (unpaired) electrons. The summed E-state index contributed by atoms with van der Waals surface area (Å²) in [5.41, 5.74) is 9.28. The molecule has 1 atom stereocenters. The van der Waals surface area contributed by atoms with E-state index in [1.165, 1.54) is 11.3 Å². The maximum Gasteiger partial charge on any atom is 0.0629 e. The van der Waals surface area contributed by atoms with Crippen LogP contribution in [0.4, 0.5) is 11.4 Å². The predicted molar refractivity (Wildman–Crippen MR) is 71.8 cm³/mol. The summed E-state index contributed by atoms with van der Waals surface area (Å²) in [6, 6.07) is 6.57. The SMILES string of the molecule is CSCC(C)N(C)c1c(C)cccc1N. The van der Waals surface area contributed by atoms with Crippen LogP contribution in [0.1, 0.15) is 12.5 Å². The summed E-state index contributed by atoms with van der Waals surface area (Å²) >= 11 is 1.86. The lowest BCUT2D eigenvalue weighted by Gasteiger charge is -2.29. The first-order chi connectivity index (χ1) is 7.07. The van der Waals surface area contributed by atoms with E-state index in [4.69, 9.17) is 5.73 Å². The molecule has 0 aliphatic carbocycles. The number of benzene rings is 1. The van der Waals surface area contributed by atoms with Crippen LogP contribution >= 0.6 is 11.8 Å². The van der Waals surface area contributed by atoms with Gasteiger partial charge in [-0.1, -0.05) is 12.1 Å². The van der Waals surface area contributed by atoms with Crippen LogP contribution in [0.5, 0.6) is 0 Å². The topological polar surface area (TPSA) is 29.3 Å². The molecule has 1 aromatic rings. The molecule has 1 aromatic carbocycles. The zero-order valence-corrected chi connectivity index (χ0v) is 10.8. The fourth-order valence-corrected chi connectivity index (χ4v) is 2.44. The molecule has 0 aromatic heterocycles. The van der Waals surface area contributed by atoms with Crippen LogP contribution in [-0.2, 0) is 0 Å². The molecule has 2 nitrogen and oxygen atoms in total. The Morgan fingerprint density at radius 3 is 2.67 bits per heavy atom. The van der Waals surface area contributed by atoms with Crippen molar-refractivity contribution in [1.29, 1.82) is 0 Å². The lowest BCUT2D eigenvalue weighted by atomic mass is 10.1. The van der Waals surface area contributed by atoms with Gasteiger partial charge in [-0.15, -0.1) is 0 Å². The minimum Gasteiger partial charge on any atom is -0.397 e. The number of nitrogens with zero attached hydrogens (tertiary/aromatic N) is 1. The third kappa shape index (κ3) is 2.81. The molecule has 84 valence electrons. The zero-order valence-electron chi connectivity index (χ0n) is 9.95. The van der Waals surface area contributed by atoms with E-state index >= 15 is 0 Å². The Kier molecular flexibility index (Phi) is 4.33. The van der Waals surface area contributed by atoms with Gasteiger partial charge >= 0.3 is 0 Å². The highest BCUT2D eigenvalue weighted by Crippen LogP contribution is 2.28. The van der Waals surface area contributed by atoms with Crippen molar-refractivity contribution in [2.45, 2.75) is 19.9 Å². The van der Waals surface area contributed by atoms with Crippen LogP contribution < -0.4 is 10.6 Å². The van der Waals surface area contributed by atoms with Crippen LogP contribution in [0.25, 0.3) is 0 Å². The van der Waals surface area contributed by atoms with Crippen molar-refractivity contribution in [3.8, 4) is 0 Å². The molecule has 0 saturated carbocycles. The summed E-state index contributed by atoms with van der Waals surface area (Å²) in [6.45, 7) is 4.33. The number of rotatable bonds is 4. The number of thioether (sulfide) groups is 1. The molecule has 0 heterocycles. The van der Waals surface area contributed by atoms with Gasteiger partial charge in [0, 0.05) is 18.8 Å². The Morgan fingerprint density at radius 2 is 2.13 bits per heavy atom. The van der Waals surface area contributed by atoms with Crippen LogP contribution in [0, 0.1) is 6.92 Å². The molecule has 0 bridgehead atoms. The summed E-state index contributed by atoms with van der Waals surface area (Å²) in [4.78, 5) is 2.27. The average Bonchev–Trinajstić information content (AvgIpc) is 2.17. The molecule has 0 spiro atoms. The number of anilines is 2. The highest BCUT2D eigenvalue weighted by atomic mass is 32.2. The Labute approximate surface area is 96.8 Å². The molecule has 1 unspecified atom stereocenters. The third-order valence-electron chi connectivity index (χ3n) is 2.69. The number of nitrogen functional groups attached to an aromatic ring is 1. The maximum absolute atomic E-state index is 6.01. The highest BCUT2D eigenvalue weighted by molar-refractivity contribution is 7.98. The van der Waals surface area contributed by atoms with Gasteiger partial charge in [-0.2, -0.15) is 11.8 Å². The van der Waals surface area contributed by atoms with Crippen molar-refractivity contribution >= 4 is 23.1 Å². The third-order valence-corrected chi connectivity index (χ3v) is 3.51. The van der Waals surface area contributed by atoms with E-state index in [9.17, 15) is 0 Å². The maximum atomic E-state index is 6.01. The first-order valence-electron chi connectivity index (χ1n) is 5.14. The van der Waals surface area contributed by atoms with Gasteiger partial charge in [0.1, 0.15) is 0 Å². The minimum atomic E-state index is 0.503. The van der Waals surface area contributed by atoms with E-state index in [1.807, 2.05) is 23.9 Å². The van der Waals surface area contributed by atoms with Gasteiger partial charge in [-0.05, 0) is 31.7 Å². The molecular formula is C12H20N2S. The second-order valence-corrected chi connectivity index (χ2v) is 4.84. The van der Waals surface area contributed by atoms with Crippen LogP contribution in [0.3, 0.4) is 0 Å². The fourth-order valence-electron chi connectivity index (χ4n) is 1.74. The lowest BCUT2D eigenvalue weighted by Crippen LogP contribution is -2.32. The average molecular weight is 224 g/mol. The second kappa shape index (κ2) is 5.31. The molecular weight excluding hydrogens is 204 g/mol. The lowest BCUT2D eigenvalue weighted by molar-refractivity contribution is 0.764. The largest absolute Gasteiger partial charge is 0.397 e. The molecule has 0 saturated heterocycles. The number of aryl methyl sites for hydroxylation is 1. The van der Waals surface area contributed by atoms with Gasteiger partial charge in [0.25, 0.3) is 0 Å². The van der Waals surface area contributed by atoms with E-state index in [2.05, 4.69) is 38.1 Å². The monoisotopic (exact) mass is 224 g/mol. The number of para-hydroxylation sites is 1. The number of hydrogen-bond acceptors (Lipinski definition) is 3. The van der Waals surface area contributed by atoms with Gasteiger partial charge in [0.2, 0.25) is 0 Å². The summed E-state index contributed by atoms with van der Waals surface area (Å²) in [5.74, 6) is 1.12. The van der Waals surface area contributed by atoms with Gasteiger partial charge < -0.3 is 10.6 Å². The van der Waals surface area contributed by atoms with Crippen molar-refractivity contribution in [3.63, 3.8) is 0 Å². The number of hydrogen-bond donors (Lipinski definition) is 1. The van der Waals surface area contributed by atoms with Crippen molar-refractivity contribution in [3.05, 3.63) is 23.8 Å². The van der Waals surface area contributed by atoms with E-state index < -0.39 is 0 Å². The molecule has 1 rings (SSSR count). The molecule has 0 aliphatic rings. The summed E-state index contributed by atoms with van der Waals surface area (Å²) in [6.07, 6.45) is 2.13. The second-order valence-electron chi connectivity index (χ2n) is 3.93. The Hall–Kier alpha value is -0.830. The summed E-state index contributed by atoms with van der Waals surface area (Å²) in [7, 11) is 2.11. The van der Waals surface area contributed by atoms with Gasteiger partial charge in [0.15, 0.2) is 0 Å². The minimum absolute atomic E-state index is 0.503. The van der Waals surface area contributed by atoms with Gasteiger partial charge in [0.05, 0.1) is 11.4 Å². The highest BCUT2D eigenvalue weighted by Gasteiger charge is 2.13. The molecule has 0 aliphatic heterocycles. The van der Waals surface area contributed by atoms with Crippen LogP contribution in [-0.4, -0.2) is 25.1 Å². The first kappa shape index (κ1) is 12.2. The standard InChI is InChI=1S/C12H20N2S/c1-9-6-5-7-11(13)12(9)14(3)10(2)8-15-4/h5-7,10H,8,13H2,1-4H3. The Balaban J connectivity index is 2.94. The molecule has 0 amide bonds. The van der Waals surface area contributed by atoms with E-state index in [-0.39, 0.29) is 0 Å². The molecule has 2 N–H and O–H groups in total. The van der Waals surface area contributed by atoms with Crippen LogP contribution in [0.15, 0.2) is 18.2 Å². The normalized spacial score (nSPS) is 12.5. The Morgan fingerprint density at radius 1 is 1.47 bits per heavy atom. The molecule has 15 heavy (non-hydrogen) atoms. The number of nitrogens with two attached hydrogens (primary N) is 1. The molecule has 0 fully saturated rings. The van der Waals surface area contributed by atoms with Crippen molar-refractivity contribution in [2.24, 2.45) is 0 Å². The van der Waals surface area contributed by atoms with Gasteiger partial charge in [-0.3, -0.25) is 0 Å². The molecule has 3 heteroatoms. The Bertz CT molecular complexity index is 305. The van der Waals surface area contributed by atoms with Crippen molar-refractivity contribution < 1.29 is 0 Å². The van der Waals surface area contributed by atoms with Crippen LogP contribution in [0.2, 0.25) is 0 Å².